The minimum atomic E-state index is 0.00111. The Bertz CT molecular complexity index is 77.0. The second kappa shape index (κ2) is 3.18. The Hall–Kier alpha value is -0.0800. The normalized spacial score (nSPS) is 36.7. The molecule has 0 spiro atoms. The first-order valence-electron chi connectivity index (χ1n) is 3.80. The fourth-order valence-corrected chi connectivity index (χ4v) is 1.43. The third-order valence-electron chi connectivity index (χ3n) is 2.21. The minimum Gasteiger partial charge on any atom is -0.393 e. The van der Waals surface area contributed by atoms with Gasteiger partial charge in [-0.15, -0.1) is 0 Å². The molecule has 1 fully saturated rings. The van der Waals surface area contributed by atoms with Gasteiger partial charge in [0, 0.05) is 12.8 Å². The zero-order valence-electron chi connectivity index (χ0n) is 6.01. The molecule has 0 heterocycles. The van der Waals surface area contributed by atoms with Crippen molar-refractivity contribution in [2.24, 2.45) is 0 Å². The standard InChI is InChI=1S/C7H15NO/c1-8-6-2-4-7(9)5-3-6/h6-9H,2-5H2,1H3/p+1. The lowest BCUT2D eigenvalue weighted by Gasteiger charge is -2.21. The summed E-state index contributed by atoms with van der Waals surface area (Å²) in [5, 5.41) is 11.4. The third kappa shape index (κ3) is 1.95. The Morgan fingerprint density at radius 2 is 1.78 bits per heavy atom. The maximum absolute atomic E-state index is 9.11. The molecule has 0 aromatic carbocycles. The molecule has 0 bridgehead atoms. The van der Waals surface area contributed by atoms with Crippen LogP contribution in [0.2, 0.25) is 0 Å². The smallest absolute Gasteiger partial charge is 0.0858 e. The molecule has 1 saturated carbocycles. The SMILES string of the molecule is C[NH2+]C1CCC(O)CC1. The van der Waals surface area contributed by atoms with E-state index in [4.69, 9.17) is 5.11 Å². The van der Waals surface area contributed by atoms with Crippen LogP contribution in [0.4, 0.5) is 0 Å². The van der Waals surface area contributed by atoms with Crippen molar-refractivity contribution >= 4 is 0 Å². The molecule has 0 aromatic heterocycles. The first-order valence-corrected chi connectivity index (χ1v) is 3.80. The van der Waals surface area contributed by atoms with Crippen LogP contribution in [0, 0.1) is 0 Å². The van der Waals surface area contributed by atoms with Crippen molar-refractivity contribution in [2.75, 3.05) is 7.05 Å². The molecular formula is C7H16NO+. The Morgan fingerprint density at radius 1 is 1.22 bits per heavy atom. The van der Waals surface area contributed by atoms with E-state index in [-0.39, 0.29) is 6.10 Å². The number of nitrogens with two attached hydrogens (primary N) is 1. The summed E-state index contributed by atoms with van der Waals surface area (Å²) in [5.41, 5.74) is 0. The molecule has 0 unspecified atom stereocenters. The van der Waals surface area contributed by atoms with Crippen LogP contribution in [0.5, 0.6) is 0 Å². The van der Waals surface area contributed by atoms with Gasteiger partial charge < -0.3 is 10.4 Å². The highest BCUT2D eigenvalue weighted by atomic mass is 16.3. The molecule has 1 aliphatic rings. The fourth-order valence-electron chi connectivity index (χ4n) is 1.43. The number of hydrogen-bond donors (Lipinski definition) is 2. The summed E-state index contributed by atoms with van der Waals surface area (Å²) >= 11 is 0. The highest BCUT2D eigenvalue weighted by Crippen LogP contribution is 2.15. The van der Waals surface area contributed by atoms with Crippen LogP contribution in [0.3, 0.4) is 0 Å². The molecule has 0 amide bonds. The van der Waals surface area contributed by atoms with E-state index in [1.807, 2.05) is 0 Å². The molecule has 1 aliphatic carbocycles. The van der Waals surface area contributed by atoms with E-state index in [2.05, 4.69) is 12.4 Å². The molecule has 0 saturated heterocycles. The molecule has 9 heavy (non-hydrogen) atoms. The van der Waals surface area contributed by atoms with Crippen molar-refractivity contribution in [2.45, 2.75) is 37.8 Å². The second-order valence-corrected chi connectivity index (χ2v) is 2.90. The predicted molar refractivity (Wildman–Crippen MR) is 36.1 cm³/mol. The van der Waals surface area contributed by atoms with Gasteiger partial charge in [0.05, 0.1) is 19.2 Å². The van der Waals surface area contributed by atoms with Gasteiger partial charge in [-0.1, -0.05) is 0 Å². The predicted octanol–water partition coefficient (Wildman–Crippen LogP) is -0.517. The summed E-state index contributed by atoms with van der Waals surface area (Å²) in [7, 11) is 2.11. The summed E-state index contributed by atoms with van der Waals surface area (Å²) in [6.07, 6.45) is 4.40. The van der Waals surface area contributed by atoms with Crippen LogP contribution in [-0.2, 0) is 0 Å². The quantitative estimate of drug-likeness (QED) is 0.492. The average Bonchev–Trinajstić information content (AvgIpc) is 1.90. The van der Waals surface area contributed by atoms with Gasteiger partial charge in [0.15, 0.2) is 0 Å². The second-order valence-electron chi connectivity index (χ2n) is 2.90. The van der Waals surface area contributed by atoms with E-state index >= 15 is 0 Å². The largest absolute Gasteiger partial charge is 0.393 e. The van der Waals surface area contributed by atoms with E-state index in [0.29, 0.717) is 0 Å². The van der Waals surface area contributed by atoms with Gasteiger partial charge in [-0.05, 0) is 12.8 Å². The first kappa shape index (κ1) is 7.03. The van der Waals surface area contributed by atoms with Crippen LogP contribution in [0.15, 0.2) is 0 Å². The maximum Gasteiger partial charge on any atom is 0.0858 e. The molecule has 0 aliphatic heterocycles. The van der Waals surface area contributed by atoms with Crippen molar-refractivity contribution in [3.8, 4) is 0 Å². The van der Waals surface area contributed by atoms with Crippen LogP contribution >= 0.6 is 0 Å². The van der Waals surface area contributed by atoms with Gasteiger partial charge in [-0.3, -0.25) is 0 Å². The molecule has 2 heteroatoms. The third-order valence-corrected chi connectivity index (χ3v) is 2.21. The lowest BCUT2D eigenvalue weighted by Crippen LogP contribution is -2.86. The van der Waals surface area contributed by atoms with Crippen LogP contribution < -0.4 is 5.32 Å². The van der Waals surface area contributed by atoms with Crippen LogP contribution in [0.25, 0.3) is 0 Å². The van der Waals surface area contributed by atoms with Crippen molar-refractivity contribution in [3.05, 3.63) is 0 Å². The summed E-state index contributed by atoms with van der Waals surface area (Å²) in [5.74, 6) is 0. The Balaban J connectivity index is 2.18. The number of quaternary nitrogens is 1. The Kier molecular flexibility index (Phi) is 2.49. The number of rotatable bonds is 1. The van der Waals surface area contributed by atoms with Gasteiger partial charge >= 0.3 is 0 Å². The highest BCUT2D eigenvalue weighted by Gasteiger charge is 2.19. The Morgan fingerprint density at radius 3 is 2.22 bits per heavy atom. The van der Waals surface area contributed by atoms with E-state index in [1.165, 1.54) is 12.8 Å². The van der Waals surface area contributed by atoms with Crippen molar-refractivity contribution < 1.29 is 10.4 Å². The Labute approximate surface area is 56.3 Å². The monoisotopic (exact) mass is 130 g/mol. The molecule has 0 radical (unpaired) electrons. The van der Waals surface area contributed by atoms with Gasteiger partial charge in [0.25, 0.3) is 0 Å². The number of aliphatic hydroxyl groups is 1. The maximum atomic E-state index is 9.11. The number of hydrogen-bond acceptors (Lipinski definition) is 1. The van der Waals surface area contributed by atoms with E-state index in [9.17, 15) is 0 Å². The number of aliphatic hydroxyl groups excluding tert-OH is 1. The fraction of sp³-hybridized carbons (Fsp3) is 1.00. The lowest BCUT2D eigenvalue weighted by molar-refractivity contribution is -0.666. The molecule has 0 atom stereocenters. The van der Waals surface area contributed by atoms with E-state index in [0.717, 1.165) is 18.9 Å². The molecule has 3 N–H and O–H groups in total. The first-order chi connectivity index (χ1) is 4.33. The molecule has 2 nitrogen and oxygen atoms in total. The molecule has 54 valence electrons. The van der Waals surface area contributed by atoms with Gasteiger partial charge in [-0.25, -0.2) is 0 Å². The minimum absolute atomic E-state index is 0.00111. The zero-order valence-corrected chi connectivity index (χ0v) is 6.01. The van der Waals surface area contributed by atoms with Crippen LogP contribution in [-0.4, -0.2) is 24.3 Å². The van der Waals surface area contributed by atoms with Crippen molar-refractivity contribution in [1.82, 2.24) is 0 Å². The summed E-state index contributed by atoms with van der Waals surface area (Å²) in [6.45, 7) is 0. The van der Waals surface area contributed by atoms with Gasteiger partial charge in [0.2, 0.25) is 0 Å². The zero-order chi connectivity index (χ0) is 6.69. The van der Waals surface area contributed by atoms with Crippen LogP contribution in [0.1, 0.15) is 25.7 Å². The highest BCUT2D eigenvalue weighted by molar-refractivity contribution is 4.68. The molecule has 1 rings (SSSR count). The molecule has 0 aromatic rings. The van der Waals surface area contributed by atoms with Gasteiger partial charge in [0.1, 0.15) is 0 Å². The van der Waals surface area contributed by atoms with Gasteiger partial charge in [-0.2, -0.15) is 0 Å². The summed E-state index contributed by atoms with van der Waals surface area (Å²) < 4.78 is 0. The van der Waals surface area contributed by atoms with E-state index < -0.39 is 0 Å². The lowest BCUT2D eigenvalue weighted by atomic mass is 9.93. The molecular weight excluding hydrogens is 114 g/mol. The van der Waals surface area contributed by atoms with E-state index in [1.54, 1.807) is 0 Å². The van der Waals surface area contributed by atoms with Crippen molar-refractivity contribution in [1.29, 1.82) is 0 Å². The average molecular weight is 130 g/mol. The summed E-state index contributed by atoms with van der Waals surface area (Å²) in [4.78, 5) is 0. The summed E-state index contributed by atoms with van der Waals surface area (Å²) in [6, 6.07) is 0.786. The van der Waals surface area contributed by atoms with Crippen molar-refractivity contribution in [3.63, 3.8) is 0 Å². The topological polar surface area (TPSA) is 36.8 Å².